The molecule has 0 aromatic carbocycles. The van der Waals surface area contributed by atoms with E-state index in [2.05, 4.69) is 40.0 Å². The third kappa shape index (κ3) is 9.19. The molecule has 0 nitrogen and oxygen atoms in total. The van der Waals surface area contributed by atoms with Crippen molar-refractivity contribution >= 4 is 91.3 Å². The van der Waals surface area contributed by atoms with Gasteiger partial charge in [0, 0.05) is 51.4 Å². The zero-order valence-corrected chi connectivity index (χ0v) is 11.0. The van der Waals surface area contributed by atoms with Crippen LogP contribution in [-0.2, 0) is 9.47 Å². The predicted molar refractivity (Wildman–Crippen MR) is 33.8 cm³/mol. The molecule has 1 radical (unpaired) electrons. The Bertz CT molecular complexity index is 6.00. The van der Waals surface area contributed by atoms with Crippen LogP contribution in [0.5, 0.6) is 0 Å². The second-order valence-corrected chi connectivity index (χ2v) is 11.9. The van der Waals surface area contributed by atoms with Gasteiger partial charge in [-0.3, -0.25) is 0 Å². The molecule has 0 aliphatic carbocycles. The smallest absolute Gasteiger partial charge is 0 e. The van der Waals surface area contributed by atoms with Crippen molar-refractivity contribution in [2.45, 2.75) is 0 Å². The molecule has 0 aromatic heterocycles. The molecule has 0 amide bonds. The van der Waals surface area contributed by atoms with Gasteiger partial charge in [-0.05, 0) is 0 Å². The van der Waals surface area contributed by atoms with Gasteiger partial charge in [0.05, 0.1) is 0 Å². The fourth-order valence-electron chi connectivity index (χ4n) is 0. The van der Waals surface area contributed by atoms with Crippen LogP contribution >= 0.6 is 40.0 Å². The summed E-state index contributed by atoms with van der Waals surface area (Å²) in [6.45, 7) is 0. The summed E-state index contributed by atoms with van der Waals surface area (Å²) in [4.78, 5) is 0. The average Bonchev–Trinajstić information content (AvgIpc) is 0.918. The van der Waals surface area contributed by atoms with Crippen LogP contribution in [0.3, 0.4) is 0 Å². The molecular formula is I2KV. The van der Waals surface area contributed by atoms with Gasteiger partial charge in [0.15, 0.2) is 0 Å². The van der Waals surface area contributed by atoms with Crippen molar-refractivity contribution in [2.75, 3.05) is 0 Å². The van der Waals surface area contributed by atoms with Gasteiger partial charge in [0.25, 0.3) is 0 Å². The average molecular weight is 344 g/mol. The Morgan fingerprint density at radius 1 is 1.25 bits per heavy atom. The van der Waals surface area contributed by atoms with Gasteiger partial charge in [-0.2, -0.15) is 0 Å². The van der Waals surface area contributed by atoms with Crippen molar-refractivity contribution in [3.63, 3.8) is 0 Å². The summed E-state index contributed by atoms with van der Waals surface area (Å²) in [5.41, 5.74) is 0. The van der Waals surface area contributed by atoms with Gasteiger partial charge in [-0.15, -0.1) is 0 Å². The van der Waals surface area contributed by atoms with E-state index in [9.17, 15) is 0 Å². The first-order chi connectivity index (χ1) is 1.41. The second kappa shape index (κ2) is 9.84. The quantitative estimate of drug-likeness (QED) is 0.460. The van der Waals surface area contributed by atoms with Crippen molar-refractivity contribution in [1.29, 1.82) is 0 Å². The van der Waals surface area contributed by atoms with E-state index in [0.29, 0.717) is 9.47 Å². The standard InChI is InChI=1S/2HI.K.V/h2*1H;;/q;;;+2/p-2. The molecule has 0 heterocycles. The first-order valence-electron chi connectivity index (χ1n) is 0.338. The SMILES string of the molecule is [I][V][I].[K]. The minimum Gasteiger partial charge on any atom is 0 e. The Labute approximate surface area is 97.5 Å². The second-order valence-electron chi connectivity index (χ2n) is 0.0639. The van der Waals surface area contributed by atoms with Gasteiger partial charge in [-0.25, -0.2) is 0 Å². The maximum absolute atomic E-state index is 2.37. The van der Waals surface area contributed by atoms with Gasteiger partial charge in [0.1, 0.15) is 0 Å². The van der Waals surface area contributed by atoms with E-state index < -0.39 is 0 Å². The molecule has 0 saturated heterocycles. The van der Waals surface area contributed by atoms with Crippen LogP contribution in [0.4, 0.5) is 0 Å². The van der Waals surface area contributed by atoms with E-state index in [4.69, 9.17) is 0 Å². The molecule has 0 N–H and O–H groups in total. The summed E-state index contributed by atoms with van der Waals surface area (Å²) >= 11 is 4.74. The van der Waals surface area contributed by atoms with E-state index in [-0.39, 0.29) is 51.4 Å². The molecule has 0 aliphatic rings. The van der Waals surface area contributed by atoms with Crippen molar-refractivity contribution in [2.24, 2.45) is 0 Å². The number of rotatable bonds is 0. The molecule has 0 atom stereocenters. The van der Waals surface area contributed by atoms with Gasteiger partial charge >= 0.3 is 49.4 Å². The Hall–Kier alpha value is 3.68. The topological polar surface area (TPSA) is 0 Å². The normalized spacial score (nSPS) is 3.50. The summed E-state index contributed by atoms with van der Waals surface area (Å²) in [5, 5.41) is 0. The van der Waals surface area contributed by atoms with Crippen LogP contribution in [0.15, 0.2) is 0 Å². The van der Waals surface area contributed by atoms with Crippen molar-refractivity contribution in [3.8, 4) is 0 Å². The molecule has 20 valence electrons. The summed E-state index contributed by atoms with van der Waals surface area (Å²) in [7, 11) is 0.628. The van der Waals surface area contributed by atoms with Gasteiger partial charge in [-0.1, -0.05) is 0 Å². The number of halogens is 2. The van der Waals surface area contributed by atoms with Crippen LogP contribution in [0, 0.1) is 0 Å². The molecule has 4 heteroatoms. The van der Waals surface area contributed by atoms with E-state index in [1.807, 2.05) is 0 Å². The minimum absolute atomic E-state index is 0. The molecule has 0 aromatic rings. The zero-order valence-electron chi connectivity index (χ0n) is 2.20. The largest absolute Gasteiger partial charge is 0 e. The molecule has 0 unspecified atom stereocenters. The summed E-state index contributed by atoms with van der Waals surface area (Å²) in [6, 6.07) is 0. The third-order valence-corrected chi connectivity index (χ3v) is 0. The van der Waals surface area contributed by atoms with Crippen molar-refractivity contribution in [1.82, 2.24) is 0 Å². The predicted octanol–water partition coefficient (Wildman–Crippen LogP) is 1.39. The van der Waals surface area contributed by atoms with Crippen molar-refractivity contribution in [3.05, 3.63) is 0 Å². The maximum atomic E-state index is 2.37. The van der Waals surface area contributed by atoms with Crippen LogP contribution in [-0.4, -0.2) is 51.4 Å². The molecule has 0 bridgehead atoms. The van der Waals surface area contributed by atoms with Gasteiger partial charge in [0.2, 0.25) is 0 Å². The number of hydrogen-bond donors (Lipinski definition) is 0. The van der Waals surface area contributed by atoms with E-state index in [1.54, 1.807) is 0 Å². The fourth-order valence-corrected chi connectivity index (χ4v) is 0. The molecule has 0 fully saturated rings. The summed E-state index contributed by atoms with van der Waals surface area (Å²) in [5.74, 6) is 0. The fraction of sp³-hybridized carbons (Fsp3) is 0. The Kier molecular flexibility index (Phi) is 26.1. The number of hydrogen-bond acceptors (Lipinski definition) is 0. The summed E-state index contributed by atoms with van der Waals surface area (Å²) < 4.78 is 0. The van der Waals surface area contributed by atoms with Crippen LogP contribution in [0.2, 0.25) is 0 Å². The first kappa shape index (κ1) is 10.6. The minimum atomic E-state index is 0. The molecule has 0 aliphatic heterocycles. The zero-order chi connectivity index (χ0) is 2.71. The van der Waals surface area contributed by atoms with Crippen molar-refractivity contribution < 1.29 is 9.47 Å². The monoisotopic (exact) mass is 344 g/mol. The molecular weight excluding hydrogens is 344 g/mol. The Balaban J connectivity index is 0. The summed E-state index contributed by atoms with van der Waals surface area (Å²) in [6.07, 6.45) is 0. The first-order valence-corrected chi connectivity index (χ1v) is 9.35. The molecule has 0 rings (SSSR count). The van der Waals surface area contributed by atoms with Crippen LogP contribution in [0.25, 0.3) is 0 Å². The molecule has 0 spiro atoms. The Morgan fingerprint density at radius 3 is 1.25 bits per heavy atom. The van der Waals surface area contributed by atoms with Crippen LogP contribution in [0.1, 0.15) is 0 Å². The van der Waals surface area contributed by atoms with E-state index in [0.717, 1.165) is 0 Å². The maximum Gasteiger partial charge on any atom is 0 e. The molecule has 0 saturated carbocycles. The molecule has 4 heavy (non-hydrogen) atoms. The van der Waals surface area contributed by atoms with Crippen LogP contribution < -0.4 is 0 Å². The Morgan fingerprint density at radius 2 is 1.25 bits per heavy atom. The third-order valence-electron chi connectivity index (χ3n) is 0. The van der Waals surface area contributed by atoms with E-state index in [1.165, 1.54) is 0 Å². The van der Waals surface area contributed by atoms with Gasteiger partial charge < -0.3 is 0 Å². The van der Waals surface area contributed by atoms with E-state index >= 15 is 0 Å².